The van der Waals surface area contributed by atoms with Gasteiger partial charge in [0, 0.05) is 12.5 Å². The Kier molecular flexibility index (Phi) is 4.74. The van der Waals surface area contributed by atoms with Gasteiger partial charge in [0.25, 0.3) is 5.91 Å². The molecule has 2 amide bonds. The van der Waals surface area contributed by atoms with Gasteiger partial charge in [-0.2, -0.15) is 0 Å². The van der Waals surface area contributed by atoms with Gasteiger partial charge in [0.2, 0.25) is 5.91 Å². The van der Waals surface area contributed by atoms with Crippen LogP contribution in [0.2, 0.25) is 0 Å². The van der Waals surface area contributed by atoms with E-state index in [0.717, 1.165) is 25.7 Å². The second kappa shape index (κ2) is 6.52. The third-order valence-electron chi connectivity index (χ3n) is 3.88. The molecule has 108 valence electrons. The van der Waals surface area contributed by atoms with E-state index in [1.54, 1.807) is 24.3 Å². The number of carbonyl (C=O) groups excluding carboxylic acids is 2. The van der Waals surface area contributed by atoms with Crippen LogP contribution in [0.5, 0.6) is 0 Å². The van der Waals surface area contributed by atoms with E-state index in [1.807, 2.05) is 0 Å². The Hall–Kier alpha value is -1.88. The average molecular weight is 275 g/mol. The van der Waals surface area contributed by atoms with Crippen molar-refractivity contribution < 1.29 is 9.59 Å². The largest absolute Gasteiger partial charge is 0.366 e. The Balaban J connectivity index is 1.99. The zero-order valence-corrected chi connectivity index (χ0v) is 11.5. The first kappa shape index (κ1) is 14.5. The maximum atomic E-state index is 12.1. The van der Waals surface area contributed by atoms with Crippen molar-refractivity contribution in [3.8, 4) is 0 Å². The van der Waals surface area contributed by atoms with Crippen LogP contribution >= 0.6 is 0 Å². The van der Waals surface area contributed by atoms with Crippen molar-refractivity contribution >= 4 is 17.5 Å². The quantitative estimate of drug-likeness (QED) is 0.778. The van der Waals surface area contributed by atoms with Crippen LogP contribution in [0.15, 0.2) is 24.3 Å². The highest BCUT2D eigenvalue weighted by molar-refractivity contribution is 6.03. The van der Waals surface area contributed by atoms with Gasteiger partial charge < -0.3 is 16.8 Å². The summed E-state index contributed by atoms with van der Waals surface area (Å²) in [6.07, 6.45) is 4.64. The third-order valence-corrected chi connectivity index (χ3v) is 3.88. The highest BCUT2D eigenvalue weighted by Crippen LogP contribution is 2.26. The molecular weight excluding hydrogens is 254 g/mol. The SMILES string of the molecule is NC(=O)c1ccccc1NC(=O)CC1CCCCC1N. The van der Waals surface area contributed by atoms with E-state index in [2.05, 4.69) is 5.32 Å². The second-order valence-corrected chi connectivity index (χ2v) is 5.37. The minimum absolute atomic E-state index is 0.0980. The molecule has 5 N–H and O–H groups in total. The predicted octanol–water partition coefficient (Wildman–Crippen LogP) is 1.63. The first-order chi connectivity index (χ1) is 9.58. The van der Waals surface area contributed by atoms with Crippen molar-refractivity contribution in [1.29, 1.82) is 0 Å². The smallest absolute Gasteiger partial charge is 0.250 e. The molecule has 5 heteroatoms. The second-order valence-electron chi connectivity index (χ2n) is 5.37. The van der Waals surface area contributed by atoms with E-state index < -0.39 is 5.91 Å². The van der Waals surface area contributed by atoms with Gasteiger partial charge in [0.15, 0.2) is 0 Å². The number of primary amides is 1. The van der Waals surface area contributed by atoms with Crippen LogP contribution in [0, 0.1) is 5.92 Å². The molecule has 0 radical (unpaired) electrons. The molecule has 0 spiro atoms. The van der Waals surface area contributed by atoms with Gasteiger partial charge in [-0.25, -0.2) is 0 Å². The monoisotopic (exact) mass is 275 g/mol. The minimum atomic E-state index is -0.546. The molecule has 1 aromatic rings. The molecule has 5 nitrogen and oxygen atoms in total. The van der Waals surface area contributed by atoms with E-state index in [-0.39, 0.29) is 17.9 Å². The summed E-state index contributed by atoms with van der Waals surface area (Å²) in [5.41, 5.74) is 12.1. The van der Waals surface area contributed by atoms with Crippen molar-refractivity contribution in [2.75, 3.05) is 5.32 Å². The van der Waals surface area contributed by atoms with Crippen molar-refractivity contribution in [1.82, 2.24) is 0 Å². The number of nitrogens with two attached hydrogens (primary N) is 2. The number of hydrogen-bond donors (Lipinski definition) is 3. The first-order valence-electron chi connectivity index (χ1n) is 7.02. The Morgan fingerprint density at radius 1 is 1.20 bits per heavy atom. The highest BCUT2D eigenvalue weighted by atomic mass is 16.2. The van der Waals surface area contributed by atoms with Crippen LogP contribution in [-0.2, 0) is 4.79 Å². The van der Waals surface area contributed by atoms with Crippen molar-refractivity contribution in [3.05, 3.63) is 29.8 Å². The van der Waals surface area contributed by atoms with E-state index in [1.165, 1.54) is 0 Å². The standard InChI is InChI=1S/C15H21N3O2/c16-12-7-3-1-5-10(12)9-14(19)18-13-8-4-2-6-11(13)15(17)20/h2,4,6,8,10,12H,1,3,5,7,9,16H2,(H2,17,20)(H,18,19). The summed E-state index contributed by atoms with van der Waals surface area (Å²) in [6.45, 7) is 0. The Labute approximate surface area is 118 Å². The Morgan fingerprint density at radius 3 is 2.60 bits per heavy atom. The number of amides is 2. The van der Waals surface area contributed by atoms with Gasteiger partial charge in [-0.15, -0.1) is 0 Å². The molecule has 0 heterocycles. The summed E-state index contributed by atoms with van der Waals surface area (Å²) < 4.78 is 0. The maximum absolute atomic E-state index is 12.1. The lowest BCUT2D eigenvalue weighted by Gasteiger charge is -2.28. The van der Waals surface area contributed by atoms with Crippen LogP contribution in [0.1, 0.15) is 42.5 Å². The van der Waals surface area contributed by atoms with Crippen LogP contribution in [0.25, 0.3) is 0 Å². The Morgan fingerprint density at radius 2 is 1.90 bits per heavy atom. The zero-order chi connectivity index (χ0) is 14.5. The van der Waals surface area contributed by atoms with E-state index in [0.29, 0.717) is 17.7 Å². The van der Waals surface area contributed by atoms with Gasteiger partial charge in [-0.1, -0.05) is 25.0 Å². The van der Waals surface area contributed by atoms with E-state index in [4.69, 9.17) is 11.5 Å². The van der Waals surface area contributed by atoms with Crippen LogP contribution < -0.4 is 16.8 Å². The molecule has 1 aliphatic rings. The maximum Gasteiger partial charge on any atom is 0.250 e. The van der Waals surface area contributed by atoms with E-state index in [9.17, 15) is 9.59 Å². The number of benzene rings is 1. The average Bonchev–Trinajstić information content (AvgIpc) is 2.41. The predicted molar refractivity (Wildman–Crippen MR) is 78.1 cm³/mol. The molecule has 0 bridgehead atoms. The molecule has 2 atom stereocenters. The summed E-state index contributed by atoms with van der Waals surface area (Å²) in [5.74, 6) is -0.430. The summed E-state index contributed by atoms with van der Waals surface area (Å²) in [5, 5.41) is 2.76. The number of anilines is 1. The van der Waals surface area contributed by atoms with Gasteiger partial charge in [0.05, 0.1) is 11.3 Å². The van der Waals surface area contributed by atoms with Gasteiger partial charge in [-0.05, 0) is 30.9 Å². The van der Waals surface area contributed by atoms with Crippen LogP contribution in [-0.4, -0.2) is 17.9 Å². The topological polar surface area (TPSA) is 98.2 Å². The third kappa shape index (κ3) is 3.57. The molecule has 20 heavy (non-hydrogen) atoms. The van der Waals surface area contributed by atoms with Crippen molar-refractivity contribution in [2.45, 2.75) is 38.1 Å². The summed E-state index contributed by atoms with van der Waals surface area (Å²) in [7, 11) is 0. The molecule has 2 unspecified atom stereocenters. The normalized spacial score (nSPS) is 22.2. The lowest BCUT2D eigenvalue weighted by Crippen LogP contribution is -2.35. The van der Waals surface area contributed by atoms with Gasteiger partial charge in [0.1, 0.15) is 0 Å². The number of carbonyl (C=O) groups is 2. The molecule has 1 saturated carbocycles. The van der Waals surface area contributed by atoms with Gasteiger partial charge in [-0.3, -0.25) is 9.59 Å². The molecule has 2 rings (SSSR count). The number of para-hydroxylation sites is 1. The number of hydrogen-bond acceptors (Lipinski definition) is 3. The first-order valence-corrected chi connectivity index (χ1v) is 7.02. The zero-order valence-electron chi connectivity index (χ0n) is 11.5. The molecule has 1 aliphatic carbocycles. The molecule has 0 saturated heterocycles. The van der Waals surface area contributed by atoms with Crippen molar-refractivity contribution in [2.24, 2.45) is 17.4 Å². The lowest BCUT2D eigenvalue weighted by atomic mass is 9.83. The van der Waals surface area contributed by atoms with Gasteiger partial charge >= 0.3 is 0 Å². The highest BCUT2D eigenvalue weighted by Gasteiger charge is 2.24. The molecule has 1 fully saturated rings. The van der Waals surface area contributed by atoms with Crippen LogP contribution in [0.3, 0.4) is 0 Å². The van der Waals surface area contributed by atoms with Crippen molar-refractivity contribution in [3.63, 3.8) is 0 Å². The summed E-state index contributed by atoms with van der Waals surface area (Å²) in [4.78, 5) is 23.4. The lowest BCUT2D eigenvalue weighted by molar-refractivity contribution is -0.117. The fourth-order valence-corrected chi connectivity index (χ4v) is 2.74. The summed E-state index contributed by atoms with van der Waals surface area (Å²) >= 11 is 0. The fourth-order valence-electron chi connectivity index (χ4n) is 2.74. The number of nitrogens with one attached hydrogen (secondary N) is 1. The molecule has 0 aromatic heterocycles. The Bertz CT molecular complexity index is 502. The molecular formula is C15H21N3O2. The molecule has 0 aliphatic heterocycles. The van der Waals surface area contributed by atoms with E-state index >= 15 is 0 Å². The minimum Gasteiger partial charge on any atom is -0.366 e. The van der Waals surface area contributed by atoms with Crippen LogP contribution in [0.4, 0.5) is 5.69 Å². The molecule has 1 aromatic carbocycles. The fraction of sp³-hybridized carbons (Fsp3) is 0.467. The number of rotatable bonds is 4. The summed E-state index contributed by atoms with van der Waals surface area (Å²) in [6, 6.07) is 6.85.